The first-order valence-electron chi connectivity index (χ1n) is 10.9. The minimum atomic E-state index is -0.710. The lowest BCUT2D eigenvalue weighted by atomic mass is 9.74. The second-order valence-corrected chi connectivity index (χ2v) is 8.57. The number of nitrogens with one attached hydrogen (secondary N) is 1. The maximum absolute atomic E-state index is 13.2. The number of fused-ring (bicyclic) bond motifs is 1. The molecule has 1 saturated heterocycles. The van der Waals surface area contributed by atoms with Crippen molar-refractivity contribution in [3.8, 4) is 23.3 Å². The van der Waals surface area contributed by atoms with Crippen molar-refractivity contribution in [1.82, 2.24) is 5.32 Å². The zero-order chi connectivity index (χ0) is 22.6. The molecule has 2 aliphatic heterocycles. The fourth-order valence-corrected chi connectivity index (χ4v) is 4.20. The summed E-state index contributed by atoms with van der Waals surface area (Å²) in [7, 11) is 0. The van der Waals surface area contributed by atoms with Crippen molar-refractivity contribution < 1.29 is 23.7 Å². The molecule has 2 heterocycles. The van der Waals surface area contributed by atoms with Gasteiger partial charge in [-0.25, -0.2) is 0 Å². The van der Waals surface area contributed by atoms with Crippen LogP contribution in [0, 0.1) is 17.2 Å². The summed E-state index contributed by atoms with van der Waals surface area (Å²) in [5.74, 6) is 1.62. The van der Waals surface area contributed by atoms with Crippen molar-refractivity contribution >= 4 is 5.91 Å². The lowest BCUT2D eigenvalue weighted by Crippen LogP contribution is -2.49. The molecule has 0 radical (unpaired) electrons. The molecule has 0 spiro atoms. The number of hydrogen-bond donors (Lipinski definition) is 1. The van der Waals surface area contributed by atoms with Crippen LogP contribution in [-0.4, -0.2) is 38.6 Å². The smallest absolute Gasteiger partial charge is 0.261 e. The Balaban J connectivity index is 1.52. The zero-order valence-corrected chi connectivity index (χ0v) is 18.4. The van der Waals surface area contributed by atoms with Gasteiger partial charge in [0.2, 0.25) is 6.79 Å². The van der Waals surface area contributed by atoms with E-state index in [9.17, 15) is 10.1 Å². The van der Waals surface area contributed by atoms with Crippen molar-refractivity contribution in [2.24, 2.45) is 5.92 Å². The summed E-state index contributed by atoms with van der Waals surface area (Å²) in [5.41, 5.74) is 1.25. The molecule has 0 aromatic heterocycles. The molecular formula is C25H28N2O5. The average molecular weight is 437 g/mol. The normalized spacial score (nSPS) is 17.4. The van der Waals surface area contributed by atoms with Gasteiger partial charge in [0.05, 0.1) is 5.56 Å². The molecule has 1 unspecified atom stereocenters. The average Bonchev–Trinajstić information content (AvgIpc) is 3.29. The van der Waals surface area contributed by atoms with E-state index in [0.29, 0.717) is 31.1 Å². The minimum absolute atomic E-state index is 0.0714. The SMILES string of the molecule is CC(C)C(Oc1ccccc1C#N)C(=O)NCC1(c2ccc3c(c2)OCO3)CCOCC1. The van der Waals surface area contributed by atoms with Crippen LogP contribution in [0.2, 0.25) is 0 Å². The fourth-order valence-electron chi connectivity index (χ4n) is 4.20. The van der Waals surface area contributed by atoms with Crippen LogP contribution in [0.4, 0.5) is 0 Å². The molecule has 168 valence electrons. The lowest BCUT2D eigenvalue weighted by Gasteiger charge is -2.38. The number of carbonyl (C=O) groups is 1. The molecule has 1 amide bonds. The summed E-state index contributed by atoms with van der Waals surface area (Å²) in [6, 6.07) is 15.1. The van der Waals surface area contributed by atoms with E-state index in [1.54, 1.807) is 24.3 Å². The predicted molar refractivity (Wildman–Crippen MR) is 118 cm³/mol. The third kappa shape index (κ3) is 4.51. The summed E-state index contributed by atoms with van der Waals surface area (Å²) in [6.45, 7) is 5.81. The van der Waals surface area contributed by atoms with Crippen LogP contribution in [0.15, 0.2) is 42.5 Å². The number of amides is 1. The largest absolute Gasteiger partial charge is 0.479 e. The lowest BCUT2D eigenvalue weighted by molar-refractivity contribution is -0.130. The second kappa shape index (κ2) is 9.49. The van der Waals surface area contributed by atoms with Gasteiger partial charge in [-0.05, 0) is 48.6 Å². The summed E-state index contributed by atoms with van der Waals surface area (Å²) < 4.78 is 22.6. The van der Waals surface area contributed by atoms with Gasteiger partial charge < -0.3 is 24.3 Å². The third-order valence-electron chi connectivity index (χ3n) is 6.16. The number of para-hydroxylation sites is 1. The van der Waals surface area contributed by atoms with E-state index in [-0.39, 0.29) is 24.0 Å². The Bertz CT molecular complexity index is 1010. The molecule has 0 bridgehead atoms. The standard InChI is InChI=1S/C25H28N2O5/c1-17(2)23(32-20-6-4-3-5-18(20)14-26)24(28)27-15-25(9-11-29-12-10-25)19-7-8-21-22(13-19)31-16-30-21/h3-8,13,17,23H,9-12,15-16H2,1-2H3,(H,27,28). The van der Waals surface area contributed by atoms with Gasteiger partial charge in [-0.3, -0.25) is 4.79 Å². The molecule has 4 rings (SSSR count). The molecule has 7 heteroatoms. The summed E-state index contributed by atoms with van der Waals surface area (Å²) in [4.78, 5) is 13.2. The van der Waals surface area contributed by atoms with Crippen LogP contribution in [-0.2, 0) is 14.9 Å². The number of nitriles is 1. The van der Waals surface area contributed by atoms with E-state index in [4.69, 9.17) is 18.9 Å². The topological polar surface area (TPSA) is 89.8 Å². The Morgan fingerprint density at radius 3 is 2.66 bits per heavy atom. The Kier molecular flexibility index (Phi) is 6.52. The van der Waals surface area contributed by atoms with E-state index in [0.717, 1.165) is 29.9 Å². The van der Waals surface area contributed by atoms with E-state index in [1.807, 2.05) is 32.0 Å². The monoisotopic (exact) mass is 436 g/mol. The maximum atomic E-state index is 13.2. The highest BCUT2D eigenvalue weighted by atomic mass is 16.7. The predicted octanol–water partition coefficient (Wildman–Crippen LogP) is 3.55. The van der Waals surface area contributed by atoms with Gasteiger partial charge in [0.1, 0.15) is 11.8 Å². The molecule has 7 nitrogen and oxygen atoms in total. The van der Waals surface area contributed by atoms with Crippen molar-refractivity contribution in [2.75, 3.05) is 26.6 Å². The molecule has 0 aliphatic carbocycles. The van der Waals surface area contributed by atoms with Crippen molar-refractivity contribution in [3.63, 3.8) is 0 Å². The first-order valence-corrected chi connectivity index (χ1v) is 10.9. The van der Waals surface area contributed by atoms with Gasteiger partial charge in [0, 0.05) is 25.2 Å². The number of rotatable bonds is 7. The highest BCUT2D eigenvalue weighted by Gasteiger charge is 2.37. The number of carbonyl (C=O) groups excluding carboxylic acids is 1. The Labute approximate surface area is 188 Å². The second-order valence-electron chi connectivity index (χ2n) is 8.57. The summed E-state index contributed by atoms with van der Waals surface area (Å²) in [6.07, 6.45) is 0.868. The molecule has 2 aliphatic rings. The molecular weight excluding hydrogens is 408 g/mol. The van der Waals surface area contributed by atoms with Crippen molar-refractivity contribution in [1.29, 1.82) is 5.26 Å². The van der Waals surface area contributed by atoms with Crippen molar-refractivity contribution in [2.45, 2.75) is 38.2 Å². The van der Waals surface area contributed by atoms with Gasteiger partial charge in [0.15, 0.2) is 17.6 Å². The van der Waals surface area contributed by atoms with E-state index in [2.05, 4.69) is 11.4 Å². The number of nitrogens with zero attached hydrogens (tertiary/aromatic N) is 1. The molecule has 1 fully saturated rings. The number of ether oxygens (including phenoxy) is 4. The molecule has 0 saturated carbocycles. The Hall–Kier alpha value is -3.24. The van der Waals surface area contributed by atoms with Crippen LogP contribution >= 0.6 is 0 Å². The third-order valence-corrected chi connectivity index (χ3v) is 6.16. The number of hydrogen-bond acceptors (Lipinski definition) is 6. The Morgan fingerprint density at radius 1 is 1.16 bits per heavy atom. The summed E-state index contributed by atoms with van der Waals surface area (Å²) in [5, 5.41) is 12.5. The van der Waals surface area contributed by atoms with Gasteiger partial charge in [-0.1, -0.05) is 32.0 Å². The van der Waals surface area contributed by atoms with Crippen molar-refractivity contribution in [3.05, 3.63) is 53.6 Å². The highest BCUT2D eigenvalue weighted by Crippen LogP contribution is 2.40. The first-order chi connectivity index (χ1) is 15.5. The molecule has 2 aromatic carbocycles. The molecule has 1 N–H and O–H groups in total. The van der Waals surface area contributed by atoms with Gasteiger partial charge >= 0.3 is 0 Å². The van der Waals surface area contributed by atoms with E-state index in [1.165, 1.54) is 0 Å². The number of benzene rings is 2. The molecule has 32 heavy (non-hydrogen) atoms. The quantitative estimate of drug-likeness (QED) is 0.714. The van der Waals surface area contributed by atoms with Gasteiger partial charge in [-0.2, -0.15) is 5.26 Å². The van der Waals surface area contributed by atoms with Gasteiger partial charge in [-0.15, -0.1) is 0 Å². The summed E-state index contributed by atoms with van der Waals surface area (Å²) >= 11 is 0. The van der Waals surface area contributed by atoms with Gasteiger partial charge in [0.25, 0.3) is 5.91 Å². The van der Waals surface area contributed by atoms with E-state index < -0.39 is 6.10 Å². The Morgan fingerprint density at radius 2 is 1.91 bits per heavy atom. The first kappa shape index (κ1) is 22.0. The molecule has 2 aromatic rings. The fraction of sp³-hybridized carbons (Fsp3) is 0.440. The molecule has 1 atom stereocenters. The van der Waals surface area contributed by atoms with E-state index >= 15 is 0 Å². The zero-order valence-electron chi connectivity index (χ0n) is 18.4. The van der Waals surface area contributed by atoms with Crippen LogP contribution in [0.3, 0.4) is 0 Å². The van der Waals surface area contributed by atoms with Crippen LogP contribution in [0.25, 0.3) is 0 Å². The van der Waals surface area contributed by atoms with Crippen LogP contribution in [0.5, 0.6) is 17.2 Å². The maximum Gasteiger partial charge on any atom is 0.261 e. The van der Waals surface area contributed by atoms with Crippen LogP contribution < -0.4 is 19.5 Å². The highest BCUT2D eigenvalue weighted by molar-refractivity contribution is 5.81. The minimum Gasteiger partial charge on any atom is -0.479 e. The van der Waals surface area contributed by atoms with Crippen LogP contribution in [0.1, 0.15) is 37.8 Å².